The number of carbonyl (C=O) groups is 12. The zero-order chi connectivity index (χ0) is 83.7. The normalized spacial score (nSPS) is 11.2. The van der Waals surface area contributed by atoms with Crippen molar-refractivity contribution in [3.8, 4) is 0 Å². The predicted octanol–water partition coefficient (Wildman–Crippen LogP) is 1.57. The van der Waals surface area contributed by atoms with Gasteiger partial charge < -0.3 is 129 Å². The predicted molar refractivity (Wildman–Crippen MR) is 419 cm³/mol. The summed E-state index contributed by atoms with van der Waals surface area (Å²) in [6.45, 7) is 14.2. The number of nitrogens with zero attached hydrogens (tertiary/aromatic N) is 13. The number of ether oxygens (including phenoxy) is 6. The van der Waals surface area contributed by atoms with Gasteiger partial charge >= 0.3 is 6.09 Å². The minimum absolute atomic E-state index is 0.0115. The van der Waals surface area contributed by atoms with Crippen LogP contribution in [-0.2, 0) is 96.9 Å². The molecule has 626 valence electrons. The minimum atomic E-state index is -0.639. The fourth-order valence-electron chi connectivity index (χ4n) is 10.9. The molecule has 0 aliphatic carbocycles. The summed E-state index contributed by atoms with van der Waals surface area (Å²) < 4.78 is 43.5. The highest BCUT2D eigenvalue weighted by Gasteiger charge is 2.25. The van der Waals surface area contributed by atoms with Gasteiger partial charge in [0, 0.05) is 183 Å². The highest BCUT2D eigenvalue weighted by molar-refractivity contribution is 6.06. The number of imidazole rings is 4. The number of hydrogen-bond donors (Lipinski definition) is 11. The van der Waals surface area contributed by atoms with Crippen LogP contribution in [0.2, 0.25) is 0 Å². The summed E-state index contributed by atoms with van der Waals surface area (Å²) in [5.41, 5.74) is 0.974. The number of likely N-dealkylation sites (N-methyl/N-ethyl adjacent to an activating group) is 2. The van der Waals surface area contributed by atoms with Gasteiger partial charge in [-0.05, 0) is 59.4 Å². The van der Waals surface area contributed by atoms with E-state index in [1.807, 2.05) is 34.7 Å². The van der Waals surface area contributed by atoms with Crippen LogP contribution in [0.1, 0.15) is 134 Å². The second-order valence-electron chi connectivity index (χ2n) is 27.4. The molecule has 7 aromatic rings. The van der Waals surface area contributed by atoms with Crippen LogP contribution in [0.5, 0.6) is 0 Å². The van der Waals surface area contributed by atoms with Gasteiger partial charge in [0.1, 0.15) is 22.7 Å². The Labute approximate surface area is 664 Å². The Bertz CT molecular complexity index is 4480. The van der Waals surface area contributed by atoms with Crippen molar-refractivity contribution in [1.82, 2.24) is 88.3 Å². The van der Waals surface area contributed by atoms with Crippen molar-refractivity contribution in [2.75, 3.05) is 164 Å². The third kappa shape index (κ3) is 30.1. The fourth-order valence-corrected chi connectivity index (χ4v) is 10.9. The highest BCUT2D eigenvalue weighted by Crippen LogP contribution is 2.20. The van der Waals surface area contributed by atoms with Crippen molar-refractivity contribution in [2.24, 2.45) is 49.3 Å². The van der Waals surface area contributed by atoms with Crippen LogP contribution < -0.4 is 58.5 Å². The van der Waals surface area contributed by atoms with Crippen molar-refractivity contribution in [3.05, 3.63) is 108 Å². The summed E-state index contributed by atoms with van der Waals surface area (Å²) in [5, 5.41) is 29.4. The van der Waals surface area contributed by atoms with E-state index in [1.54, 1.807) is 71.2 Å². The first-order chi connectivity index (χ1) is 54.8. The Balaban J connectivity index is 0.683. The topological polar surface area (TPSA) is 485 Å². The molecule has 115 heavy (non-hydrogen) atoms. The Hall–Kier alpha value is -12.1. The molecule has 0 bridgehead atoms. The maximum absolute atomic E-state index is 13.4. The van der Waals surface area contributed by atoms with Crippen LogP contribution in [0.3, 0.4) is 0 Å². The van der Waals surface area contributed by atoms with Crippen molar-refractivity contribution < 1.29 is 86.0 Å². The summed E-state index contributed by atoms with van der Waals surface area (Å²) in [4.78, 5) is 175. The second-order valence-corrected chi connectivity index (χ2v) is 27.4. The SMILES string of the molecule is CCN(CCN(C)CCOCCOCCOCCOCCOCCNC(=O)CCNC(=O)c1nc(NC(=O)c2cc(NC(=O)CCNC(=O)c3nc(NC(=O)CCCNC(=O)c4cc(NC(=O)c5nc(NC(=O)CCNC(=O)c6cc(NC(=O)c7nccn7C)cn6C)cn5C)cn4C)cn3C)cn2C)cn1C)C(=O)OC(C)(C)C. The van der Waals surface area contributed by atoms with Gasteiger partial charge in [-0.15, -0.1) is 0 Å². The molecule has 7 aromatic heterocycles. The number of nitrogens with one attached hydrogen (secondary N) is 11. The lowest BCUT2D eigenvalue weighted by atomic mass is 10.2. The van der Waals surface area contributed by atoms with Gasteiger partial charge in [-0.3, -0.25) is 52.7 Å². The molecule has 0 aliphatic rings. The first-order valence-corrected chi connectivity index (χ1v) is 37.2. The number of rotatable bonds is 48. The molecule has 42 nitrogen and oxygen atoms in total. The second kappa shape index (κ2) is 44.9. The molecule has 0 radical (unpaired) electrons. The van der Waals surface area contributed by atoms with Crippen LogP contribution in [0.25, 0.3) is 0 Å². The minimum Gasteiger partial charge on any atom is -0.444 e. The van der Waals surface area contributed by atoms with E-state index >= 15 is 0 Å². The molecule has 0 aromatic carbocycles. The summed E-state index contributed by atoms with van der Waals surface area (Å²) in [6, 6.07) is 4.38. The zero-order valence-corrected chi connectivity index (χ0v) is 67.0. The maximum atomic E-state index is 13.4. The maximum Gasteiger partial charge on any atom is 0.410 e. The largest absolute Gasteiger partial charge is 0.444 e. The Morgan fingerprint density at radius 2 is 0.783 bits per heavy atom. The van der Waals surface area contributed by atoms with Gasteiger partial charge in [0.25, 0.3) is 41.4 Å². The van der Waals surface area contributed by atoms with Crippen molar-refractivity contribution in [3.63, 3.8) is 0 Å². The molecule has 7 rings (SSSR count). The van der Waals surface area contributed by atoms with Gasteiger partial charge in [-0.1, -0.05) is 0 Å². The third-order valence-corrected chi connectivity index (χ3v) is 16.8. The Morgan fingerprint density at radius 1 is 0.383 bits per heavy atom. The van der Waals surface area contributed by atoms with E-state index in [1.165, 1.54) is 82.8 Å². The van der Waals surface area contributed by atoms with E-state index in [4.69, 9.17) is 28.4 Å². The molecule has 7 heterocycles. The molecule has 0 unspecified atom stereocenters. The van der Waals surface area contributed by atoms with Crippen molar-refractivity contribution in [2.45, 2.75) is 65.4 Å². The van der Waals surface area contributed by atoms with E-state index in [9.17, 15) is 57.5 Å². The molecule has 42 heteroatoms. The quantitative estimate of drug-likeness (QED) is 0.0241. The number of amides is 12. The van der Waals surface area contributed by atoms with Gasteiger partial charge in [0.15, 0.2) is 23.3 Å². The smallest absolute Gasteiger partial charge is 0.410 e. The lowest BCUT2D eigenvalue weighted by Crippen LogP contribution is -2.41. The lowest BCUT2D eigenvalue weighted by Gasteiger charge is -2.28. The van der Waals surface area contributed by atoms with Crippen LogP contribution >= 0.6 is 0 Å². The number of aryl methyl sites for hydroxylation is 7. The number of aromatic nitrogens is 11. The van der Waals surface area contributed by atoms with E-state index in [0.717, 1.165) is 0 Å². The third-order valence-electron chi connectivity index (χ3n) is 16.8. The van der Waals surface area contributed by atoms with E-state index < -0.39 is 64.7 Å². The average molecular weight is 1610 g/mol. The molecule has 0 atom stereocenters. The molecule has 0 fully saturated rings. The summed E-state index contributed by atoms with van der Waals surface area (Å²) in [7, 11) is 13.2. The van der Waals surface area contributed by atoms with E-state index in [0.29, 0.717) is 91.3 Å². The standard InChI is InChI=1S/C73H106N24O18/c1-13-97(72(109)115-73(2,3)4)27-26-89(5)28-30-111-32-34-113-36-38-114-37-35-112-33-31-110-29-24-74-57(98)16-20-78-69(106)63-87-56(47-95(63)11)88-67(104)53-39-48(42-93(53)9)80-59(100)17-22-79-68(105)62-85-54(45-94(62)10)83-58(99)15-14-19-76-65(102)51-41-50(44-91(51)7)82-71(108)64-86-55(46-96(64)12)84-60(101)18-21-77-66(103)52-40-49(43-92(52)8)81-70(107)61-75-23-25-90(61)6/h23,25,39-47H,13-22,24,26-38H2,1-12H3,(H,74,98)(H,76,102)(H,77,103)(H,78,106)(H,79,105)(H,80,100)(H,81,107)(H,82,108)(H,83,99)(H,84,101)(H,88,104). The monoisotopic (exact) mass is 1610 g/mol. The Morgan fingerprint density at radius 3 is 1.25 bits per heavy atom. The summed E-state index contributed by atoms with van der Waals surface area (Å²) in [5.74, 6) is -5.29. The van der Waals surface area contributed by atoms with Crippen LogP contribution in [0.4, 0.5) is 39.3 Å². The van der Waals surface area contributed by atoms with Crippen LogP contribution in [0, 0.1) is 0 Å². The van der Waals surface area contributed by atoms with Crippen LogP contribution in [0.15, 0.2) is 67.8 Å². The molecule has 11 N–H and O–H groups in total. The average Bonchev–Trinajstić information content (AvgIpc) is 1.69. The number of carbonyl (C=O) groups excluding carboxylic acids is 12. The molecule has 0 spiro atoms. The lowest BCUT2D eigenvalue weighted by molar-refractivity contribution is -0.121. The van der Waals surface area contributed by atoms with Crippen LogP contribution in [-0.4, -0.2) is 270 Å². The summed E-state index contributed by atoms with van der Waals surface area (Å²) in [6.07, 6.45) is 11.6. The first kappa shape index (κ1) is 90.1. The molecule has 0 saturated carbocycles. The first-order valence-electron chi connectivity index (χ1n) is 37.2. The van der Waals surface area contributed by atoms with E-state index in [2.05, 4.69) is 83.3 Å². The highest BCUT2D eigenvalue weighted by atomic mass is 16.6. The molecule has 0 aliphatic heterocycles. The van der Waals surface area contributed by atoms with Gasteiger partial charge in [-0.25, -0.2) is 24.7 Å². The molecule has 0 saturated heterocycles. The van der Waals surface area contributed by atoms with Crippen molar-refractivity contribution >= 4 is 106 Å². The Kier molecular flexibility index (Phi) is 35.2. The van der Waals surface area contributed by atoms with E-state index in [-0.39, 0.29) is 153 Å². The van der Waals surface area contributed by atoms with Crippen molar-refractivity contribution in [1.29, 1.82) is 0 Å². The van der Waals surface area contributed by atoms with Gasteiger partial charge in [-0.2, -0.15) is 0 Å². The molecule has 12 amide bonds. The molecular formula is C73H106N24O18. The molecular weight excluding hydrogens is 1500 g/mol. The zero-order valence-electron chi connectivity index (χ0n) is 67.0. The fraction of sp³-hybridized carbons (Fsp3) is 0.507. The number of hydrogen-bond acceptors (Lipinski definition) is 23. The summed E-state index contributed by atoms with van der Waals surface area (Å²) >= 11 is 0. The van der Waals surface area contributed by atoms with Gasteiger partial charge in [0.2, 0.25) is 41.1 Å². The number of anilines is 6. The van der Waals surface area contributed by atoms with Gasteiger partial charge in [0.05, 0.1) is 83.1 Å².